The molecule has 118 valence electrons. The van der Waals surface area contributed by atoms with Crippen molar-refractivity contribution in [2.75, 3.05) is 11.9 Å². The minimum absolute atomic E-state index is 0.0972. The number of rotatable bonds is 6. The number of nitrogens with one attached hydrogen (secondary N) is 3. The van der Waals surface area contributed by atoms with Gasteiger partial charge in [0.05, 0.1) is 0 Å². The second-order valence-corrected chi connectivity index (χ2v) is 5.94. The van der Waals surface area contributed by atoms with Crippen molar-refractivity contribution in [2.45, 2.75) is 13.0 Å². The molecular weight excluding hydrogens is 332 g/mol. The summed E-state index contributed by atoms with van der Waals surface area (Å²) in [7, 11) is 0. The number of thiazole rings is 1. The first-order chi connectivity index (χ1) is 11.1. The van der Waals surface area contributed by atoms with E-state index in [-0.39, 0.29) is 6.04 Å². The molecule has 0 radical (unpaired) electrons. The van der Waals surface area contributed by atoms with E-state index in [1.54, 1.807) is 12.4 Å². The molecule has 0 aliphatic rings. The average molecular weight is 346 g/mol. The molecule has 0 spiro atoms. The molecule has 10 heteroatoms. The van der Waals surface area contributed by atoms with E-state index < -0.39 is 0 Å². The maximum atomic E-state index is 8.31. The van der Waals surface area contributed by atoms with Crippen LogP contribution in [0.2, 0.25) is 0 Å². The van der Waals surface area contributed by atoms with Crippen LogP contribution in [0.5, 0.6) is 0 Å². The highest BCUT2D eigenvalue weighted by atomic mass is 32.1. The fourth-order valence-corrected chi connectivity index (χ4v) is 3.01. The third-order valence-corrected chi connectivity index (χ3v) is 3.98. The summed E-state index contributed by atoms with van der Waals surface area (Å²) < 4.78 is 0. The molecule has 8 nitrogen and oxygen atoms in total. The van der Waals surface area contributed by atoms with Crippen molar-refractivity contribution in [3.05, 3.63) is 40.7 Å². The summed E-state index contributed by atoms with van der Waals surface area (Å²) in [6, 6.07) is 3.64. The first-order valence-corrected chi connectivity index (χ1v) is 7.86. The van der Waals surface area contributed by atoms with E-state index in [9.17, 15) is 0 Å². The van der Waals surface area contributed by atoms with Crippen LogP contribution in [0.15, 0.2) is 29.6 Å². The predicted octanol–water partition coefficient (Wildman–Crippen LogP) is 3.19. The van der Waals surface area contributed by atoms with Gasteiger partial charge in [0.2, 0.25) is 0 Å². The topological polar surface area (TPSA) is 122 Å². The first kappa shape index (κ1) is 16.8. The summed E-state index contributed by atoms with van der Waals surface area (Å²) in [4.78, 5) is 11.2. The van der Waals surface area contributed by atoms with E-state index in [1.165, 1.54) is 17.6 Å². The summed E-state index contributed by atoms with van der Waals surface area (Å²) in [5, 5.41) is 18.8. The fourth-order valence-electron chi connectivity index (χ4n) is 1.70. The SMILES string of the molecule is CC(CN=[N+]=[N-])NC(=S)Nc1sc(-c2cccnc2)nc1C=N. The Bertz CT molecular complexity index is 736. The smallest absolute Gasteiger partial charge is 0.171 e. The molecule has 0 saturated heterocycles. The van der Waals surface area contributed by atoms with Gasteiger partial charge in [0, 0.05) is 41.7 Å². The standard InChI is InChI=1S/C13H14N8S2/c1-8(6-17-21-15)18-13(22)20-12-10(5-14)19-11(23-12)9-3-2-4-16-7-9/h2-5,7-8,14H,6H2,1H3,(H2,18,20,22). The molecule has 0 saturated carbocycles. The third kappa shape index (κ3) is 4.71. The largest absolute Gasteiger partial charge is 0.360 e. The Hall–Kier alpha value is -2.55. The van der Waals surface area contributed by atoms with Crippen LogP contribution in [0.1, 0.15) is 12.6 Å². The summed E-state index contributed by atoms with van der Waals surface area (Å²) >= 11 is 6.62. The Morgan fingerprint density at radius 2 is 2.48 bits per heavy atom. The molecule has 2 heterocycles. The van der Waals surface area contributed by atoms with Crippen LogP contribution in [0.4, 0.5) is 5.00 Å². The lowest BCUT2D eigenvalue weighted by molar-refractivity contribution is 0.676. The number of nitrogens with zero attached hydrogens (tertiary/aromatic N) is 5. The number of azide groups is 1. The van der Waals surface area contributed by atoms with Gasteiger partial charge in [-0.15, -0.1) is 0 Å². The van der Waals surface area contributed by atoms with E-state index >= 15 is 0 Å². The lowest BCUT2D eigenvalue weighted by Gasteiger charge is -2.14. The van der Waals surface area contributed by atoms with Crippen molar-refractivity contribution in [3.63, 3.8) is 0 Å². The molecular formula is C13H14N8S2. The van der Waals surface area contributed by atoms with Crippen LogP contribution in [-0.2, 0) is 0 Å². The Morgan fingerprint density at radius 1 is 1.65 bits per heavy atom. The van der Waals surface area contributed by atoms with Crippen molar-refractivity contribution < 1.29 is 0 Å². The van der Waals surface area contributed by atoms with E-state index in [2.05, 4.69) is 30.6 Å². The van der Waals surface area contributed by atoms with Crippen LogP contribution in [0.25, 0.3) is 21.0 Å². The first-order valence-electron chi connectivity index (χ1n) is 6.64. The quantitative estimate of drug-likeness (QED) is 0.244. The van der Waals surface area contributed by atoms with Crippen LogP contribution in [0, 0.1) is 5.41 Å². The number of anilines is 1. The van der Waals surface area contributed by atoms with Gasteiger partial charge in [-0.3, -0.25) is 4.98 Å². The Balaban J connectivity index is 2.10. The molecule has 2 aromatic heterocycles. The Kier molecular flexibility index (Phi) is 5.98. The highest BCUT2D eigenvalue weighted by Crippen LogP contribution is 2.30. The molecule has 0 amide bonds. The molecule has 2 rings (SSSR count). The fraction of sp³-hybridized carbons (Fsp3) is 0.231. The van der Waals surface area contributed by atoms with Gasteiger partial charge < -0.3 is 16.0 Å². The number of hydrogen-bond donors (Lipinski definition) is 3. The normalized spacial score (nSPS) is 11.2. The zero-order valence-electron chi connectivity index (χ0n) is 12.2. The zero-order valence-corrected chi connectivity index (χ0v) is 13.9. The van der Waals surface area contributed by atoms with Crippen LogP contribution in [0.3, 0.4) is 0 Å². The van der Waals surface area contributed by atoms with Crippen LogP contribution in [-0.4, -0.2) is 33.9 Å². The van der Waals surface area contributed by atoms with E-state index in [0.717, 1.165) is 10.6 Å². The van der Waals surface area contributed by atoms with Gasteiger partial charge in [0.15, 0.2) is 5.11 Å². The van der Waals surface area contributed by atoms with Crippen molar-refractivity contribution >= 4 is 39.9 Å². The number of pyridine rings is 1. The minimum Gasteiger partial charge on any atom is -0.360 e. The van der Waals surface area contributed by atoms with Crippen LogP contribution >= 0.6 is 23.6 Å². The highest BCUT2D eigenvalue weighted by molar-refractivity contribution is 7.80. The van der Waals surface area contributed by atoms with Crippen molar-refractivity contribution in [3.8, 4) is 10.6 Å². The van der Waals surface area contributed by atoms with Crippen LogP contribution < -0.4 is 10.6 Å². The monoisotopic (exact) mass is 346 g/mol. The Morgan fingerprint density at radius 3 is 3.13 bits per heavy atom. The maximum Gasteiger partial charge on any atom is 0.171 e. The minimum atomic E-state index is -0.0972. The van der Waals surface area contributed by atoms with E-state index in [0.29, 0.717) is 22.4 Å². The molecule has 1 atom stereocenters. The number of hydrogen-bond acceptors (Lipinski definition) is 6. The molecule has 0 bridgehead atoms. The third-order valence-electron chi connectivity index (χ3n) is 2.72. The molecule has 0 aliphatic carbocycles. The van der Waals surface area contributed by atoms with Gasteiger partial charge in [-0.25, -0.2) is 4.98 Å². The lowest BCUT2D eigenvalue weighted by Crippen LogP contribution is -2.37. The van der Waals surface area contributed by atoms with Gasteiger partial charge in [-0.1, -0.05) is 16.5 Å². The van der Waals surface area contributed by atoms with Gasteiger partial charge in [-0.05, 0) is 36.8 Å². The second-order valence-electron chi connectivity index (χ2n) is 4.53. The van der Waals surface area contributed by atoms with Gasteiger partial charge in [-0.2, -0.15) is 0 Å². The summed E-state index contributed by atoms with van der Waals surface area (Å²) in [6.07, 6.45) is 4.58. The van der Waals surface area contributed by atoms with E-state index in [4.69, 9.17) is 23.2 Å². The second kappa shape index (κ2) is 8.18. The highest BCUT2D eigenvalue weighted by Gasteiger charge is 2.13. The predicted molar refractivity (Wildman–Crippen MR) is 96.1 cm³/mol. The van der Waals surface area contributed by atoms with Gasteiger partial charge >= 0.3 is 0 Å². The molecule has 0 aliphatic heterocycles. The molecule has 23 heavy (non-hydrogen) atoms. The molecule has 0 fully saturated rings. The maximum absolute atomic E-state index is 8.31. The Labute approximate surface area is 142 Å². The molecule has 3 N–H and O–H groups in total. The summed E-state index contributed by atoms with van der Waals surface area (Å²) in [6.45, 7) is 2.15. The van der Waals surface area contributed by atoms with E-state index in [1.807, 2.05) is 19.1 Å². The molecule has 0 aromatic carbocycles. The number of aromatic nitrogens is 2. The van der Waals surface area contributed by atoms with Gasteiger partial charge in [0.1, 0.15) is 15.7 Å². The number of thiocarbonyl (C=S) groups is 1. The van der Waals surface area contributed by atoms with Crippen molar-refractivity contribution in [1.82, 2.24) is 15.3 Å². The summed E-state index contributed by atoms with van der Waals surface area (Å²) in [5.74, 6) is 0. The lowest BCUT2D eigenvalue weighted by atomic mass is 10.3. The van der Waals surface area contributed by atoms with Crippen molar-refractivity contribution in [2.24, 2.45) is 5.11 Å². The van der Waals surface area contributed by atoms with Gasteiger partial charge in [0.25, 0.3) is 0 Å². The average Bonchev–Trinajstić information content (AvgIpc) is 2.96. The van der Waals surface area contributed by atoms with Crippen molar-refractivity contribution in [1.29, 1.82) is 5.41 Å². The zero-order chi connectivity index (χ0) is 16.7. The molecule has 1 unspecified atom stereocenters. The summed E-state index contributed by atoms with van der Waals surface area (Å²) in [5.41, 5.74) is 9.69. The molecule has 2 aromatic rings.